The molecular weight excluding hydrogens is 276 g/mol. The fraction of sp³-hybridized carbons (Fsp3) is 0.588. The Morgan fingerprint density at radius 3 is 2.86 bits per heavy atom. The summed E-state index contributed by atoms with van der Waals surface area (Å²) in [5.41, 5.74) is 1.32. The van der Waals surface area contributed by atoms with Crippen molar-refractivity contribution < 1.29 is 4.74 Å². The topological polar surface area (TPSA) is 48.9 Å². The highest BCUT2D eigenvalue weighted by molar-refractivity contribution is 5.79. The molecule has 1 aromatic carbocycles. The molecule has 5 nitrogen and oxygen atoms in total. The second-order valence-electron chi connectivity index (χ2n) is 5.89. The Kier molecular flexibility index (Phi) is 6.52. The van der Waals surface area contributed by atoms with Crippen LogP contribution < -0.4 is 15.5 Å². The van der Waals surface area contributed by atoms with E-state index in [0.717, 1.165) is 25.6 Å². The number of benzene rings is 1. The van der Waals surface area contributed by atoms with Gasteiger partial charge in [-0.05, 0) is 31.4 Å². The first kappa shape index (κ1) is 16.6. The van der Waals surface area contributed by atoms with Crippen molar-refractivity contribution in [3.63, 3.8) is 0 Å². The van der Waals surface area contributed by atoms with Gasteiger partial charge in [0.15, 0.2) is 5.96 Å². The second kappa shape index (κ2) is 8.63. The summed E-state index contributed by atoms with van der Waals surface area (Å²) in [5.74, 6) is 1.50. The molecule has 22 heavy (non-hydrogen) atoms. The number of hydrogen-bond acceptors (Lipinski definition) is 3. The summed E-state index contributed by atoms with van der Waals surface area (Å²) in [5, 5.41) is 6.76. The SMILES string of the molecule is CN=C(NCC1CCN(c2ccccc2)C1)NC(C)COC. The van der Waals surface area contributed by atoms with Gasteiger partial charge in [0, 0.05) is 45.5 Å². The van der Waals surface area contributed by atoms with Crippen LogP contribution in [0.3, 0.4) is 0 Å². The summed E-state index contributed by atoms with van der Waals surface area (Å²) in [7, 11) is 3.52. The molecule has 0 aliphatic carbocycles. The maximum absolute atomic E-state index is 5.14. The van der Waals surface area contributed by atoms with E-state index in [1.165, 1.54) is 12.1 Å². The minimum absolute atomic E-state index is 0.251. The van der Waals surface area contributed by atoms with E-state index in [-0.39, 0.29) is 6.04 Å². The summed E-state index contributed by atoms with van der Waals surface area (Å²) < 4.78 is 5.14. The molecule has 122 valence electrons. The molecule has 0 amide bonds. The van der Waals surface area contributed by atoms with Crippen molar-refractivity contribution in [2.45, 2.75) is 19.4 Å². The number of rotatable bonds is 6. The maximum Gasteiger partial charge on any atom is 0.191 e. The number of aliphatic imine (C=N–C) groups is 1. The normalized spacial score (nSPS) is 20.0. The Morgan fingerprint density at radius 2 is 2.18 bits per heavy atom. The lowest BCUT2D eigenvalue weighted by molar-refractivity contribution is 0.179. The number of methoxy groups -OCH3 is 1. The lowest BCUT2D eigenvalue weighted by Crippen LogP contribution is -2.45. The number of para-hydroxylation sites is 1. The lowest BCUT2D eigenvalue weighted by Gasteiger charge is -2.20. The molecule has 1 aromatic rings. The number of guanidine groups is 1. The van der Waals surface area contributed by atoms with Crippen LogP contribution >= 0.6 is 0 Å². The van der Waals surface area contributed by atoms with E-state index >= 15 is 0 Å². The van der Waals surface area contributed by atoms with E-state index < -0.39 is 0 Å². The van der Waals surface area contributed by atoms with Gasteiger partial charge in [-0.15, -0.1) is 0 Å². The van der Waals surface area contributed by atoms with Gasteiger partial charge in [0.25, 0.3) is 0 Å². The molecule has 0 spiro atoms. The zero-order valence-corrected chi connectivity index (χ0v) is 13.9. The molecule has 2 unspecified atom stereocenters. The van der Waals surface area contributed by atoms with Gasteiger partial charge in [0.2, 0.25) is 0 Å². The number of nitrogens with zero attached hydrogens (tertiary/aromatic N) is 2. The molecule has 1 aliphatic heterocycles. The molecule has 2 rings (SSSR count). The molecule has 2 atom stereocenters. The van der Waals surface area contributed by atoms with Crippen molar-refractivity contribution >= 4 is 11.6 Å². The summed E-state index contributed by atoms with van der Waals surface area (Å²) in [4.78, 5) is 6.73. The van der Waals surface area contributed by atoms with Crippen LogP contribution in [0.25, 0.3) is 0 Å². The van der Waals surface area contributed by atoms with Gasteiger partial charge >= 0.3 is 0 Å². The fourth-order valence-electron chi connectivity index (χ4n) is 2.83. The average molecular weight is 304 g/mol. The molecular formula is C17H28N4O. The predicted octanol–water partition coefficient (Wildman–Crippen LogP) is 1.71. The minimum atomic E-state index is 0.251. The van der Waals surface area contributed by atoms with Gasteiger partial charge < -0.3 is 20.3 Å². The standard InChI is InChI=1S/C17H28N4O/c1-14(13-22-3)20-17(18-2)19-11-15-9-10-21(12-15)16-7-5-4-6-8-16/h4-8,14-15H,9-13H2,1-3H3,(H2,18,19,20). The molecule has 1 heterocycles. The van der Waals surface area contributed by atoms with E-state index in [1.54, 1.807) is 14.2 Å². The second-order valence-corrected chi connectivity index (χ2v) is 5.89. The highest BCUT2D eigenvalue weighted by atomic mass is 16.5. The fourth-order valence-corrected chi connectivity index (χ4v) is 2.83. The highest BCUT2D eigenvalue weighted by Crippen LogP contribution is 2.22. The van der Waals surface area contributed by atoms with Crippen molar-refractivity contribution in [1.29, 1.82) is 0 Å². The Bertz CT molecular complexity index is 463. The first-order valence-corrected chi connectivity index (χ1v) is 7.99. The van der Waals surface area contributed by atoms with Crippen LogP contribution in [0, 0.1) is 5.92 Å². The number of nitrogens with one attached hydrogen (secondary N) is 2. The third kappa shape index (κ3) is 4.91. The van der Waals surface area contributed by atoms with Gasteiger partial charge in [-0.25, -0.2) is 0 Å². The van der Waals surface area contributed by atoms with Crippen molar-refractivity contribution in [2.75, 3.05) is 45.3 Å². The van der Waals surface area contributed by atoms with Crippen LogP contribution in [0.2, 0.25) is 0 Å². The molecule has 0 radical (unpaired) electrons. The monoisotopic (exact) mass is 304 g/mol. The smallest absolute Gasteiger partial charge is 0.191 e. The summed E-state index contributed by atoms with van der Waals surface area (Å²) >= 11 is 0. The Hall–Kier alpha value is -1.75. The molecule has 0 aromatic heterocycles. The molecule has 1 aliphatic rings. The van der Waals surface area contributed by atoms with Crippen molar-refractivity contribution in [1.82, 2.24) is 10.6 Å². The van der Waals surface area contributed by atoms with Crippen molar-refractivity contribution in [3.8, 4) is 0 Å². The number of anilines is 1. The van der Waals surface area contributed by atoms with Gasteiger partial charge in [-0.2, -0.15) is 0 Å². The van der Waals surface area contributed by atoms with Crippen LogP contribution in [-0.4, -0.2) is 52.4 Å². The summed E-state index contributed by atoms with van der Waals surface area (Å²) in [6, 6.07) is 10.9. The van der Waals surface area contributed by atoms with Gasteiger partial charge in [0.05, 0.1) is 6.61 Å². The van der Waals surface area contributed by atoms with Gasteiger partial charge in [0.1, 0.15) is 0 Å². The van der Waals surface area contributed by atoms with Crippen LogP contribution in [0.5, 0.6) is 0 Å². The molecule has 1 saturated heterocycles. The van der Waals surface area contributed by atoms with Crippen LogP contribution in [0.15, 0.2) is 35.3 Å². The first-order chi connectivity index (χ1) is 10.7. The highest BCUT2D eigenvalue weighted by Gasteiger charge is 2.22. The van der Waals surface area contributed by atoms with Crippen LogP contribution in [0.1, 0.15) is 13.3 Å². The lowest BCUT2D eigenvalue weighted by atomic mass is 10.1. The van der Waals surface area contributed by atoms with E-state index in [0.29, 0.717) is 12.5 Å². The van der Waals surface area contributed by atoms with E-state index in [9.17, 15) is 0 Å². The zero-order chi connectivity index (χ0) is 15.8. The number of ether oxygens (including phenoxy) is 1. The first-order valence-electron chi connectivity index (χ1n) is 7.99. The van der Waals surface area contributed by atoms with Crippen molar-refractivity contribution in [2.24, 2.45) is 10.9 Å². The maximum atomic E-state index is 5.14. The Balaban J connectivity index is 1.75. The quantitative estimate of drug-likeness (QED) is 0.620. The zero-order valence-electron chi connectivity index (χ0n) is 13.9. The van der Waals surface area contributed by atoms with E-state index in [1.807, 2.05) is 0 Å². The van der Waals surface area contributed by atoms with Gasteiger partial charge in [-0.1, -0.05) is 18.2 Å². The summed E-state index contributed by atoms with van der Waals surface area (Å²) in [6.07, 6.45) is 1.21. The van der Waals surface area contributed by atoms with Gasteiger partial charge in [-0.3, -0.25) is 4.99 Å². The Morgan fingerprint density at radius 1 is 1.41 bits per heavy atom. The van der Waals surface area contributed by atoms with Crippen LogP contribution in [0.4, 0.5) is 5.69 Å². The largest absolute Gasteiger partial charge is 0.383 e. The molecule has 1 fully saturated rings. The minimum Gasteiger partial charge on any atom is -0.383 e. The molecule has 0 bridgehead atoms. The van der Waals surface area contributed by atoms with Crippen LogP contribution in [-0.2, 0) is 4.74 Å². The number of hydrogen-bond donors (Lipinski definition) is 2. The summed E-state index contributed by atoms with van der Waals surface area (Å²) in [6.45, 7) is 5.93. The Labute approximate surface area is 133 Å². The van der Waals surface area contributed by atoms with E-state index in [4.69, 9.17) is 4.74 Å². The predicted molar refractivity (Wildman–Crippen MR) is 92.6 cm³/mol. The molecule has 2 N–H and O–H groups in total. The molecule has 5 heteroatoms. The molecule has 0 saturated carbocycles. The third-order valence-corrected chi connectivity index (χ3v) is 3.99. The van der Waals surface area contributed by atoms with Crippen molar-refractivity contribution in [3.05, 3.63) is 30.3 Å². The third-order valence-electron chi connectivity index (χ3n) is 3.99. The van der Waals surface area contributed by atoms with E-state index in [2.05, 4.69) is 57.8 Å². The average Bonchev–Trinajstić information content (AvgIpc) is 3.01.